The number of sulfonamides is 1. The third kappa shape index (κ3) is 4.43. The normalized spacial score (nSPS) is 22.0. The molecule has 9 heteroatoms. The van der Waals surface area contributed by atoms with Crippen molar-refractivity contribution in [2.24, 2.45) is 5.92 Å². The van der Waals surface area contributed by atoms with Crippen LogP contribution in [-0.2, 0) is 19.6 Å². The van der Waals surface area contributed by atoms with Crippen LogP contribution >= 0.6 is 11.6 Å². The lowest BCUT2D eigenvalue weighted by molar-refractivity contribution is -0.146. The minimum absolute atomic E-state index is 0.0103. The molecule has 3 N–H and O–H groups in total. The summed E-state index contributed by atoms with van der Waals surface area (Å²) in [5.41, 5.74) is 0. The maximum Gasteiger partial charge on any atom is 0.306 e. The molecule has 1 fully saturated rings. The Labute approximate surface area is 139 Å². The second-order valence-electron chi connectivity index (χ2n) is 5.51. The van der Waals surface area contributed by atoms with Crippen molar-refractivity contribution >= 4 is 33.5 Å². The Bertz CT molecular complexity index is 698. The smallest absolute Gasteiger partial charge is 0.306 e. The summed E-state index contributed by atoms with van der Waals surface area (Å²) < 4.78 is 26.6. The summed E-state index contributed by atoms with van der Waals surface area (Å²) in [6, 6.07) is 4.38. The van der Waals surface area contributed by atoms with Gasteiger partial charge in [-0.1, -0.05) is 11.6 Å². The molecule has 1 amide bonds. The number of carbonyl (C=O) groups is 2. The standard InChI is InChI=1S/C14H17ClN2O5S/c1-8(13(18)16-11-6-9(7-11)14(19)20)17-23(21,22)12-4-2-10(15)3-5-12/h2-5,8-9,11,17H,6-7H2,1H3,(H,16,18)(H,19,20). The van der Waals surface area contributed by atoms with Gasteiger partial charge in [0.25, 0.3) is 0 Å². The first-order valence-electron chi connectivity index (χ1n) is 7.00. The Hall–Kier alpha value is -1.64. The Balaban J connectivity index is 1.90. The fourth-order valence-electron chi connectivity index (χ4n) is 2.23. The SMILES string of the molecule is CC(NS(=O)(=O)c1ccc(Cl)cc1)C(=O)NC1CC(C(=O)O)C1. The fraction of sp³-hybridized carbons (Fsp3) is 0.429. The van der Waals surface area contributed by atoms with Crippen LogP contribution in [0.3, 0.4) is 0 Å². The number of halogens is 1. The van der Waals surface area contributed by atoms with Gasteiger partial charge < -0.3 is 10.4 Å². The van der Waals surface area contributed by atoms with E-state index in [2.05, 4.69) is 10.0 Å². The number of carbonyl (C=O) groups excluding carboxylic acids is 1. The van der Waals surface area contributed by atoms with E-state index in [9.17, 15) is 18.0 Å². The maximum absolute atomic E-state index is 12.2. The molecule has 1 saturated carbocycles. The van der Waals surface area contributed by atoms with Gasteiger partial charge in [0, 0.05) is 11.1 Å². The molecule has 0 bridgehead atoms. The van der Waals surface area contributed by atoms with Crippen LogP contribution in [0, 0.1) is 5.92 Å². The van der Waals surface area contributed by atoms with Crippen LogP contribution in [0.25, 0.3) is 0 Å². The van der Waals surface area contributed by atoms with Crippen LogP contribution in [0.4, 0.5) is 0 Å². The molecule has 0 aliphatic heterocycles. The van der Waals surface area contributed by atoms with E-state index < -0.39 is 33.9 Å². The van der Waals surface area contributed by atoms with Crippen molar-refractivity contribution in [1.29, 1.82) is 0 Å². The van der Waals surface area contributed by atoms with Crippen molar-refractivity contribution in [3.63, 3.8) is 0 Å². The third-order valence-electron chi connectivity index (χ3n) is 3.68. The average molecular weight is 361 g/mol. The van der Waals surface area contributed by atoms with E-state index in [1.165, 1.54) is 31.2 Å². The highest BCUT2D eigenvalue weighted by Gasteiger charge is 2.36. The van der Waals surface area contributed by atoms with Crippen LogP contribution in [0.2, 0.25) is 5.02 Å². The molecule has 1 unspecified atom stereocenters. The number of carboxylic acids is 1. The first-order valence-corrected chi connectivity index (χ1v) is 8.86. The van der Waals surface area contributed by atoms with Crippen molar-refractivity contribution in [3.05, 3.63) is 29.3 Å². The topological polar surface area (TPSA) is 113 Å². The van der Waals surface area contributed by atoms with Gasteiger partial charge in [-0.3, -0.25) is 9.59 Å². The molecular formula is C14H17ClN2O5S. The number of hydrogen-bond acceptors (Lipinski definition) is 4. The number of benzene rings is 1. The van der Waals surface area contributed by atoms with Crippen molar-refractivity contribution in [3.8, 4) is 0 Å². The lowest BCUT2D eigenvalue weighted by Crippen LogP contribution is -2.52. The Kier molecular flexibility index (Phi) is 5.28. The second kappa shape index (κ2) is 6.86. The summed E-state index contributed by atoms with van der Waals surface area (Å²) in [4.78, 5) is 22.7. The lowest BCUT2D eigenvalue weighted by Gasteiger charge is -2.33. The van der Waals surface area contributed by atoms with Crippen molar-refractivity contribution in [2.75, 3.05) is 0 Å². The highest BCUT2D eigenvalue weighted by Crippen LogP contribution is 2.27. The molecule has 0 saturated heterocycles. The van der Waals surface area contributed by atoms with Crippen LogP contribution in [0.15, 0.2) is 29.2 Å². The fourth-order valence-corrected chi connectivity index (χ4v) is 3.56. The van der Waals surface area contributed by atoms with E-state index >= 15 is 0 Å². The van der Waals surface area contributed by atoms with Crippen molar-refractivity contribution in [1.82, 2.24) is 10.0 Å². The quantitative estimate of drug-likeness (QED) is 0.700. The third-order valence-corrected chi connectivity index (χ3v) is 5.49. The lowest BCUT2D eigenvalue weighted by atomic mass is 9.80. The molecule has 1 aromatic rings. The van der Waals surface area contributed by atoms with Crippen LogP contribution < -0.4 is 10.0 Å². The molecule has 1 aliphatic rings. The van der Waals surface area contributed by atoms with E-state index in [-0.39, 0.29) is 10.9 Å². The molecule has 126 valence electrons. The van der Waals surface area contributed by atoms with Crippen LogP contribution in [0.5, 0.6) is 0 Å². The summed E-state index contributed by atoms with van der Waals surface area (Å²) in [5, 5.41) is 11.8. The largest absolute Gasteiger partial charge is 0.481 e. The van der Waals surface area contributed by atoms with Crippen molar-refractivity contribution < 1.29 is 23.1 Å². The average Bonchev–Trinajstić information content (AvgIpc) is 2.41. The first-order chi connectivity index (χ1) is 10.7. The van der Waals surface area contributed by atoms with Crippen LogP contribution in [0.1, 0.15) is 19.8 Å². The summed E-state index contributed by atoms with van der Waals surface area (Å²) in [7, 11) is -3.83. The summed E-state index contributed by atoms with van der Waals surface area (Å²) in [6.07, 6.45) is 0.718. The molecule has 1 atom stereocenters. The van der Waals surface area contributed by atoms with Gasteiger partial charge in [-0.25, -0.2) is 8.42 Å². The first kappa shape index (κ1) is 17.7. The van der Waals surface area contributed by atoms with Gasteiger partial charge in [-0.15, -0.1) is 0 Å². The predicted molar refractivity (Wildman–Crippen MR) is 83.5 cm³/mol. The van der Waals surface area contributed by atoms with E-state index in [1.54, 1.807) is 0 Å². The molecule has 1 aromatic carbocycles. The number of amides is 1. The van der Waals surface area contributed by atoms with E-state index in [1.807, 2.05) is 0 Å². The Morgan fingerprint density at radius 3 is 2.35 bits per heavy atom. The zero-order valence-corrected chi connectivity index (χ0v) is 13.9. The van der Waals surface area contributed by atoms with E-state index in [4.69, 9.17) is 16.7 Å². The number of carboxylic acid groups (broad SMARTS) is 1. The van der Waals surface area contributed by atoms with E-state index in [0.717, 1.165) is 0 Å². The Morgan fingerprint density at radius 2 is 1.83 bits per heavy atom. The minimum Gasteiger partial charge on any atom is -0.481 e. The molecular weight excluding hydrogens is 344 g/mol. The van der Waals surface area contributed by atoms with Crippen molar-refractivity contribution in [2.45, 2.75) is 36.7 Å². The van der Waals surface area contributed by atoms with Gasteiger partial charge in [0.1, 0.15) is 0 Å². The monoisotopic (exact) mass is 360 g/mol. The second-order valence-corrected chi connectivity index (χ2v) is 7.66. The zero-order valence-electron chi connectivity index (χ0n) is 12.3. The molecule has 23 heavy (non-hydrogen) atoms. The van der Waals surface area contributed by atoms with Gasteiger partial charge >= 0.3 is 5.97 Å². The molecule has 0 aromatic heterocycles. The van der Waals surface area contributed by atoms with Crippen LogP contribution in [-0.4, -0.2) is 37.5 Å². The molecule has 7 nitrogen and oxygen atoms in total. The number of aliphatic carboxylic acids is 1. The van der Waals surface area contributed by atoms with E-state index in [0.29, 0.717) is 17.9 Å². The summed E-state index contributed by atoms with van der Waals surface area (Å²) in [5.74, 6) is -1.82. The molecule has 0 spiro atoms. The highest BCUT2D eigenvalue weighted by atomic mass is 35.5. The van der Waals surface area contributed by atoms with Gasteiger partial charge in [-0.2, -0.15) is 4.72 Å². The number of hydrogen-bond donors (Lipinski definition) is 3. The predicted octanol–water partition coefficient (Wildman–Crippen LogP) is 0.986. The molecule has 2 rings (SSSR count). The maximum atomic E-state index is 12.2. The summed E-state index contributed by atoms with van der Waals surface area (Å²) >= 11 is 5.71. The highest BCUT2D eigenvalue weighted by molar-refractivity contribution is 7.89. The molecule has 0 radical (unpaired) electrons. The van der Waals surface area contributed by atoms with Gasteiger partial charge in [0.05, 0.1) is 16.9 Å². The zero-order chi connectivity index (χ0) is 17.2. The summed E-state index contributed by atoms with van der Waals surface area (Å²) in [6.45, 7) is 1.43. The number of nitrogens with one attached hydrogen (secondary N) is 2. The molecule has 1 aliphatic carbocycles. The number of rotatable bonds is 6. The van der Waals surface area contributed by atoms with Gasteiger partial charge in [0.15, 0.2) is 0 Å². The Morgan fingerprint density at radius 1 is 1.26 bits per heavy atom. The van der Waals surface area contributed by atoms with Gasteiger partial charge in [-0.05, 0) is 44.0 Å². The van der Waals surface area contributed by atoms with Gasteiger partial charge in [0.2, 0.25) is 15.9 Å². The minimum atomic E-state index is -3.83. The molecule has 0 heterocycles.